The third kappa shape index (κ3) is 5.36. The van der Waals surface area contributed by atoms with Crippen LogP contribution in [0.25, 0.3) is 0 Å². The molecule has 4 nitrogen and oxygen atoms in total. The lowest BCUT2D eigenvalue weighted by Gasteiger charge is -2.14. The summed E-state index contributed by atoms with van der Waals surface area (Å²) in [6.07, 6.45) is 0.106. The molecule has 0 spiro atoms. The number of thiazole rings is 1. The Morgan fingerprint density at radius 1 is 1.18 bits per heavy atom. The Labute approximate surface area is 166 Å². The molecule has 28 heavy (non-hydrogen) atoms. The Morgan fingerprint density at radius 3 is 2.64 bits per heavy atom. The van der Waals surface area contributed by atoms with E-state index in [2.05, 4.69) is 10.3 Å². The van der Waals surface area contributed by atoms with E-state index in [1.807, 2.05) is 36.6 Å². The van der Waals surface area contributed by atoms with Crippen molar-refractivity contribution in [3.63, 3.8) is 0 Å². The number of halogens is 2. The minimum atomic E-state index is -0.934. The van der Waals surface area contributed by atoms with Gasteiger partial charge in [-0.2, -0.15) is 0 Å². The molecule has 146 valence electrons. The van der Waals surface area contributed by atoms with Crippen LogP contribution >= 0.6 is 11.3 Å². The zero-order valence-corrected chi connectivity index (χ0v) is 16.4. The standard InChI is InChI=1S/C21H20F2N2O2S/c1-13-3-6-17(7-4-13)27-11-21-25-16(12-28-21)10-20(26)24-14(2)15-5-8-18(22)19(23)9-15/h3-9,12,14H,10-11H2,1-2H3,(H,24,26). The number of hydrogen-bond acceptors (Lipinski definition) is 4. The van der Waals surface area contributed by atoms with Gasteiger partial charge in [0.1, 0.15) is 17.4 Å². The largest absolute Gasteiger partial charge is 0.486 e. The number of rotatable bonds is 7. The van der Waals surface area contributed by atoms with Crippen molar-refractivity contribution >= 4 is 17.2 Å². The first-order chi connectivity index (χ1) is 13.4. The minimum Gasteiger partial charge on any atom is -0.486 e. The topological polar surface area (TPSA) is 51.2 Å². The molecule has 1 aromatic heterocycles. The highest BCUT2D eigenvalue weighted by molar-refractivity contribution is 7.09. The van der Waals surface area contributed by atoms with Gasteiger partial charge in [-0.3, -0.25) is 4.79 Å². The predicted molar refractivity (Wildman–Crippen MR) is 104 cm³/mol. The molecule has 7 heteroatoms. The van der Waals surface area contributed by atoms with Gasteiger partial charge in [-0.15, -0.1) is 11.3 Å². The van der Waals surface area contributed by atoms with Crippen LogP contribution in [0.3, 0.4) is 0 Å². The molecule has 3 rings (SSSR count). The molecule has 1 atom stereocenters. The van der Waals surface area contributed by atoms with Crippen LogP contribution in [0.1, 0.15) is 34.8 Å². The summed E-state index contributed by atoms with van der Waals surface area (Å²) in [5.74, 6) is -1.32. The fraction of sp³-hybridized carbons (Fsp3) is 0.238. The second-order valence-corrected chi connectivity index (χ2v) is 7.42. The van der Waals surface area contributed by atoms with E-state index in [9.17, 15) is 13.6 Å². The summed E-state index contributed by atoms with van der Waals surface area (Å²) in [5, 5.41) is 5.36. The summed E-state index contributed by atoms with van der Waals surface area (Å²) in [5.41, 5.74) is 2.30. The van der Waals surface area contributed by atoms with Crippen LogP contribution in [0, 0.1) is 18.6 Å². The maximum absolute atomic E-state index is 13.3. The molecule has 0 saturated heterocycles. The van der Waals surface area contributed by atoms with Gasteiger partial charge in [0.2, 0.25) is 5.91 Å². The summed E-state index contributed by atoms with van der Waals surface area (Å²) in [4.78, 5) is 16.6. The molecule has 0 saturated carbocycles. The van der Waals surface area contributed by atoms with Crippen LogP contribution in [0.2, 0.25) is 0 Å². The summed E-state index contributed by atoms with van der Waals surface area (Å²) >= 11 is 1.43. The third-order valence-electron chi connectivity index (χ3n) is 4.15. The molecular weight excluding hydrogens is 382 g/mol. The molecule has 0 radical (unpaired) electrons. The fourth-order valence-corrected chi connectivity index (χ4v) is 3.30. The lowest BCUT2D eigenvalue weighted by Crippen LogP contribution is -2.28. The molecule has 1 amide bonds. The molecule has 0 aliphatic heterocycles. The lowest BCUT2D eigenvalue weighted by molar-refractivity contribution is -0.121. The van der Waals surface area contributed by atoms with Gasteiger partial charge in [-0.1, -0.05) is 23.8 Å². The monoisotopic (exact) mass is 402 g/mol. The SMILES string of the molecule is Cc1ccc(OCc2nc(CC(=O)NC(C)c3ccc(F)c(F)c3)cs2)cc1. The van der Waals surface area contributed by atoms with Gasteiger partial charge in [-0.05, 0) is 43.7 Å². The molecular formula is C21H20F2N2O2S. The summed E-state index contributed by atoms with van der Waals surface area (Å²) in [6, 6.07) is 10.9. The Morgan fingerprint density at radius 2 is 1.93 bits per heavy atom. The number of amides is 1. The molecule has 0 aliphatic carbocycles. The van der Waals surface area contributed by atoms with Crippen LogP contribution in [-0.2, 0) is 17.8 Å². The van der Waals surface area contributed by atoms with Crippen molar-refractivity contribution in [2.24, 2.45) is 0 Å². The van der Waals surface area contributed by atoms with Crippen molar-refractivity contribution in [1.82, 2.24) is 10.3 Å². The van der Waals surface area contributed by atoms with E-state index in [1.54, 1.807) is 6.92 Å². The highest BCUT2D eigenvalue weighted by Gasteiger charge is 2.14. The third-order valence-corrected chi connectivity index (χ3v) is 5.02. The average molecular weight is 402 g/mol. The van der Waals surface area contributed by atoms with E-state index < -0.39 is 17.7 Å². The lowest BCUT2D eigenvalue weighted by atomic mass is 10.1. The number of nitrogens with one attached hydrogen (secondary N) is 1. The van der Waals surface area contributed by atoms with E-state index in [-0.39, 0.29) is 12.3 Å². The number of nitrogens with zero attached hydrogens (tertiary/aromatic N) is 1. The van der Waals surface area contributed by atoms with E-state index >= 15 is 0 Å². The van der Waals surface area contributed by atoms with Crippen LogP contribution in [0.15, 0.2) is 47.8 Å². The van der Waals surface area contributed by atoms with Crippen molar-refractivity contribution in [3.8, 4) is 5.75 Å². The maximum atomic E-state index is 13.3. The maximum Gasteiger partial charge on any atom is 0.226 e. The number of aryl methyl sites for hydroxylation is 1. The number of carbonyl (C=O) groups excluding carboxylic acids is 1. The van der Waals surface area contributed by atoms with E-state index in [1.165, 1.54) is 17.4 Å². The molecule has 1 N–H and O–H groups in total. The summed E-state index contributed by atoms with van der Waals surface area (Å²) in [6.45, 7) is 4.06. The predicted octanol–water partition coefficient (Wildman–Crippen LogP) is 4.73. The van der Waals surface area contributed by atoms with Crippen LogP contribution in [0.4, 0.5) is 8.78 Å². The number of carbonyl (C=O) groups is 1. The van der Waals surface area contributed by atoms with E-state index in [0.717, 1.165) is 28.5 Å². The van der Waals surface area contributed by atoms with Crippen molar-refractivity contribution in [3.05, 3.63) is 81.3 Å². The second-order valence-electron chi connectivity index (χ2n) is 6.47. The Kier molecular flexibility index (Phi) is 6.36. The van der Waals surface area contributed by atoms with Gasteiger partial charge in [0, 0.05) is 5.38 Å². The minimum absolute atomic E-state index is 0.106. The Balaban J connectivity index is 1.51. The van der Waals surface area contributed by atoms with Crippen molar-refractivity contribution < 1.29 is 18.3 Å². The van der Waals surface area contributed by atoms with Crippen molar-refractivity contribution in [2.75, 3.05) is 0 Å². The number of ether oxygens (including phenoxy) is 1. The summed E-state index contributed by atoms with van der Waals surface area (Å²) in [7, 11) is 0. The average Bonchev–Trinajstić information content (AvgIpc) is 3.10. The fourth-order valence-electron chi connectivity index (χ4n) is 2.60. The molecule has 0 aliphatic rings. The molecule has 1 unspecified atom stereocenters. The van der Waals surface area contributed by atoms with Gasteiger partial charge in [0.15, 0.2) is 11.6 Å². The number of benzene rings is 2. The van der Waals surface area contributed by atoms with Crippen LogP contribution in [0.5, 0.6) is 5.75 Å². The molecule has 2 aromatic carbocycles. The zero-order chi connectivity index (χ0) is 20.1. The Hall–Kier alpha value is -2.80. The smallest absolute Gasteiger partial charge is 0.226 e. The molecule has 3 aromatic rings. The zero-order valence-electron chi connectivity index (χ0n) is 15.5. The molecule has 1 heterocycles. The van der Waals surface area contributed by atoms with Crippen LogP contribution < -0.4 is 10.1 Å². The van der Waals surface area contributed by atoms with Gasteiger partial charge >= 0.3 is 0 Å². The second kappa shape index (κ2) is 8.93. The van der Waals surface area contributed by atoms with Gasteiger partial charge in [0.25, 0.3) is 0 Å². The quantitative estimate of drug-likeness (QED) is 0.622. The first kappa shape index (κ1) is 19.9. The normalized spacial score (nSPS) is 11.9. The number of aromatic nitrogens is 1. The first-order valence-electron chi connectivity index (χ1n) is 8.78. The number of hydrogen-bond donors (Lipinski definition) is 1. The molecule has 0 bridgehead atoms. The highest BCUT2D eigenvalue weighted by Crippen LogP contribution is 2.18. The van der Waals surface area contributed by atoms with E-state index in [0.29, 0.717) is 17.9 Å². The molecule has 0 fully saturated rings. The van der Waals surface area contributed by atoms with Gasteiger partial charge in [-0.25, -0.2) is 13.8 Å². The van der Waals surface area contributed by atoms with Crippen molar-refractivity contribution in [1.29, 1.82) is 0 Å². The van der Waals surface area contributed by atoms with Crippen molar-refractivity contribution in [2.45, 2.75) is 32.9 Å². The van der Waals surface area contributed by atoms with Gasteiger partial charge < -0.3 is 10.1 Å². The first-order valence-corrected chi connectivity index (χ1v) is 9.66. The highest BCUT2D eigenvalue weighted by atomic mass is 32.1. The summed E-state index contributed by atoms with van der Waals surface area (Å²) < 4.78 is 32.0. The Bertz CT molecular complexity index is 957. The van der Waals surface area contributed by atoms with E-state index in [4.69, 9.17) is 4.74 Å². The van der Waals surface area contributed by atoms with Crippen LogP contribution in [-0.4, -0.2) is 10.9 Å². The van der Waals surface area contributed by atoms with Gasteiger partial charge in [0.05, 0.1) is 18.2 Å².